The van der Waals surface area contributed by atoms with Crippen LogP contribution in [0.5, 0.6) is 11.5 Å². The molecule has 2 amide bonds. The van der Waals surface area contributed by atoms with E-state index in [1.807, 2.05) is 25.1 Å². The van der Waals surface area contributed by atoms with Gasteiger partial charge in [0.25, 0.3) is 11.8 Å². The highest BCUT2D eigenvalue weighted by atomic mass is 35.5. The van der Waals surface area contributed by atoms with E-state index >= 15 is 0 Å². The molecule has 4 aromatic carbocycles. The standard InChI is InChI=1S/C30H24ClN3O4/c1-16-3-2-4-22-26(36)13-25-28(27(16)22)19(14-31)15-34(25)30(38)17-5-10-23-18(11-17)12-24(33-23)29(37)32-20-6-8-21(35)9-7-20/h2-13,19,33,35-36H,14-15H2,1H3,(H,32,37). The van der Waals surface area contributed by atoms with Crippen molar-refractivity contribution in [3.05, 3.63) is 95.2 Å². The van der Waals surface area contributed by atoms with Gasteiger partial charge in [0.1, 0.15) is 17.2 Å². The third kappa shape index (κ3) is 3.92. The number of phenolic OH excluding ortho intramolecular Hbond substituents is 2. The van der Waals surface area contributed by atoms with Crippen molar-refractivity contribution >= 4 is 56.5 Å². The lowest BCUT2D eigenvalue weighted by Gasteiger charge is -2.19. The number of fused-ring (bicyclic) bond motifs is 4. The summed E-state index contributed by atoms with van der Waals surface area (Å²) in [5.74, 6) is -0.0177. The first-order valence-electron chi connectivity index (χ1n) is 12.2. The average Bonchev–Trinajstić information content (AvgIpc) is 3.51. The van der Waals surface area contributed by atoms with Gasteiger partial charge >= 0.3 is 0 Å². The fourth-order valence-electron chi connectivity index (χ4n) is 5.30. The van der Waals surface area contributed by atoms with Gasteiger partial charge in [0, 0.05) is 51.9 Å². The number of alkyl halides is 1. The molecule has 8 heteroatoms. The summed E-state index contributed by atoms with van der Waals surface area (Å²) in [6.07, 6.45) is 0. The number of carbonyl (C=O) groups is 2. The molecular formula is C30H24ClN3O4. The molecule has 0 bridgehead atoms. The van der Waals surface area contributed by atoms with E-state index in [4.69, 9.17) is 11.6 Å². The van der Waals surface area contributed by atoms with Crippen LogP contribution in [0.3, 0.4) is 0 Å². The molecule has 0 spiro atoms. The second kappa shape index (κ2) is 9.11. The predicted molar refractivity (Wildman–Crippen MR) is 150 cm³/mol. The molecule has 0 fully saturated rings. The van der Waals surface area contributed by atoms with Gasteiger partial charge in [0.15, 0.2) is 0 Å². The van der Waals surface area contributed by atoms with Crippen LogP contribution < -0.4 is 10.2 Å². The Morgan fingerprint density at radius 3 is 2.61 bits per heavy atom. The number of hydrogen-bond donors (Lipinski definition) is 4. The molecule has 38 heavy (non-hydrogen) atoms. The van der Waals surface area contributed by atoms with Crippen molar-refractivity contribution in [3.63, 3.8) is 0 Å². The number of rotatable bonds is 4. The third-order valence-electron chi connectivity index (χ3n) is 7.14. The van der Waals surface area contributed by atoms with Gasteiger partial charge in [0.2, 0.25) is 0 Å². The summed E-state index contributed by atoms with van der Waals surface area (Å²) in [7, 11) is 0. The Bertz CT molecular complexity index is 1740. The Balaban J connectivity index is 1.33. The number of H-pyrrole nitrogens is 1. The van der Waals surface area contributed by atoms with E-state index < -0.39 is 0 Å². The first-order valence-corrected chi connectivity index (χ1v) is 12.7. The highest BCUT2D eigenvalue weighted by Gasteiger charge is 2.35. The van der Waals surface area contributed by atoms with Gasteiger partial charge in [0.05, 0.1) is 5.69 Å². The van der Waals surface area contributed by atoms with Crippen LogP contribution in [0.4, 0.5) is 11.4 Å². The highest BCUT2D eigenvalue weighted by molar-refractivity contribution is 6.19. The maximum Gasteiger partial charge on any atom is 0.272 e. The molecule has 1 aliphatic rings. The van der Waals surface area contributed by atoms with Crippen molar-refractivity contribution in [2.45, 2.75) is 12.8 Å². The van der Waals surface area contributed by atoms with Gasteiger partial charge in [-0.3, -0.25) is 9.59 Å². The minimum absolute atomic E-state index is 0.0639. The van der Waals surface area contributed by atoms with Crippen LogP contribution in [0.2, 0.25) is 0 Å². The Hall–Kier alpha value is -4.49. The molecule has 190 valence electrons. The number of aromatic nitrogens is 1. The zero-order valence-electron chi connectivity index (χ0n) is 20.5. The van der Waals surface area contributed by atoms with Gasteiger partial charge in [-0.05, 0) is 72.0 Å². The number of anilines is 2. The molecule has 1 atom stereocenters. The number of aromatic amines is 1. The topological polar surface area (TPSA) is 106 Å². The number of nitrogens with one attached hydrogen (secondary N) is 2. The number of phenols is 2. The molecule has 2 heterocycles. The second-order valence-electron chi connectivity index (χ2n) is 9.58. The summed E-state index contributed by atoms with van der Waals surface area (Å²) >= 11 is 6.37. The van der Waals surface area contributed by atoms with Crippen LogP contribution in [-0.2, 0) is 0 Å². The third-order valence-corrected chi connectivity index (χ3v) is 7.51. The van der Waals surface area contributed by atoms with Crippen LogP contribution in [0.25, 0.3) is 21.7 Å². The lowest BCUT2D eigenvalue weighted by atomic mass is 9.92. The van der Waals surface area contributed by atoms with Crippen LogP contribution in [-0.4, -0.2) is 39.4 Å². The zero-order chi connectivity index (χ0) is 26.6. The number of carbonyl (C=O) groups excluding carboxylic acids is 2. The maximum absolute atomic E-state index is 13.7. The van der Waals surface area contributed by atoms with Crippen LogP contribution in [0.15, 0.2) is 72.8 Å². The minimum Gasteiger partial charge on any atom is -0.508 e. The molecule has 1 unspecified atom stereocenters. The molecule has 0 aliphatic carbocycles. The van der Waals surface area contributed by atoms with Crippen LogP contribution in [0, 0.1) is 6.92 Å². The smallest absolute Gasteiger partial charge is 0.272 e. The SMILES string of the molecule is Cc1cccc2c(O)cc3c(c12)C(CCl)CN3C(=O)c1ccc2[nH]c(C(=O)Nc3ccc(O)cc3)cc2c1. The van der Waals surface area contributed by atoms with E-state index in [1.165, 1.54) is 12.1 Å². The summed E-state index contributed by atoms with van der Waals surface area (Å²) < 4.78 is 0. The predicted octanol–water partition coefficient (Wildman–Crippen LogP) is 6.28. The van der Waals surface area contributed by atoms with Crippen LogP contribution >= 0.6 is 11.6 Å². The normalized spacial score (nSPS) is 14.7. The van der Waals surface area contributed by atoms with Crippen molar-refractivity contribution in [3.8, 4) is 11.5 Å². The Kier molecular flexibility index (Phi) is 5.73. The number of amides is 2. The van der Waals surface area contributed by atoms with Gasteiger partial charge in [-0.15, -0.1) is 11.6 Å². The number of benzene rings is 4. The fourth-order valence-corrected chi connectivity index (χ4v) is 5.56. The Morgan fingerprint density at radius 2 is 1.84 bits per heavy atom. The molecule has 4 N–H and O–H groups in total. The summed E-state index contributed by atoms with van der Waals surface area (Å²) in [6.45, 7) is 2.41. The molecule has 0 radical (unpaired) electrons. The summed E-state index contributed by atoms with van der Waals surface area (Å²) in [5.41, 5.74) is 4.75. The van der Waals surface area contributed by atoms with Gasteiger partial charge < -0.3 is 25.4 Å². The van der Waals surface area contributed by atoms with E-state index in [1.54, 1.807) is 47.4 Å². The summed E-state index contributed by atoms with van der Waals surface area (Å²) in [5, 5.41) is 25.4. The monoisotopic (exact) mass is 525 g/mol. The first-order chi connectivity index (χ1) is 18.3. The van der Waals surface area contributed by atoms with E-state index in [2.05, 4.69) is 10.3 Å². The van der Waals surface area contributed by atoms with E-state index in [-0.39, 0.29) is 29.2 Å². The largest absolute Gasteiger partial charge is 0.508 e. The summed E-state index contributed by atoms with van der Waals surface area (Å²) in [6, 6.07) is 20.6. The van der Waals surface area contributed by atoms with Crippen molar-refractivity contribution in [1.29, 1.82) is 0 Å². The number of halogens is 1. The highest BCUT2D eigenvalue weighted by Crippen LogP contribution is 2.46. The van der Waals surface area contributed by atoms with Crippen molar-refractivity contribution in [2.24, 2.45) is 0 Å². The maximum atomic E-state index is 13.7. The van der Waals surface area contributed by atoms with Gasteiger partial charge in [-0.25, -0.2) is 0 Å². The Labute approximate surface area is 223 Å². The van der Waals surface area contributed by atoms with Crippen molar-refractivity contribution < 1.29 is 19.8 Å². The molecule has 6 rings (SSSR count). The zero-order valence-corrected chi connectivity index (χ0v) is 21.2. The summed E-state index contributed by atoms with van der Waals surface area (Å²) in [4.78, 5) is 31.3. The second-order valence-corrected chi connectivity index (χ2v) is 9.89. The quantitative estimate of drug-likeness (QED) is 0.164. The van der Waals surface area contributed by atoms with Gasteiger partial charge in [-0.1, -0.05) is 18.2 Å². The first kappa shape index (κ1) is 23.9. The molecule has 1 aliphatic heterocycles. The minimum atomic E-state index is -0.337. The molecule has 7 nitrogen and oxygen atoms in total. The van der Waals surface area contributed by atoms with E-state index in [9.17, 15) is 19.8 Å². The molecule has 0 saturated carbocycles. The molecule has 0 saturated heterocycles. The number of aryl methyl sites for hydroxylation is 1. The molecule has 5 aromatic rings. The molecular weight excluding hydrogens is 502 g/mol. The Morgan fingerprint density at radius 1 is 1.05 bits per heavy atom. The van der Waals surface area contributed by atoms with Crippen molar-refractivity contribution in [2.75, 3.05) is 22.6 Å². The van der Waals surface area contributed by atoms with Crippen LogP contribution in [0.1, 0.15) is 37.9 Å². The van der Waals surface area contributed by atoms with E-state index in [0.717, 1.165) is 32.8 Å². The number of hydrogen-bond acceptors (Lipinski definition) is 4. The molecule has 1 aromatic heterocycles. The average molecular weight is 526 g/mol. The van der Waals surface area contributed by atoms with Gasteiger partial charge in [-0.2, -0.15) is 0 Å². The lowest BCUT2D eigenvalue weighted by Crippen LogP contribution is -2.30. The fraction of sp³-hybridized carbons (Fsp3) is 0.133. The van der Waals surface area contributed by atoms with E-state index in [0.29, 0.717) is 35.1 Å². The van der Waals surface area contributed by atoms with Crippen molar-refractivity contribution in [1.82, 2.24) is 4.98 Å². The number of aromatic hydroxyl groups is 2. The lowest BCUT2D eigenvalue weighted by molar-refractivity contribution is 0.0986. The number of nitrogens with zero attached hydrogens (tertiary/aromatic N) is 1.